The first kappa shape index (κ1) is 18.1. The maximum Gasteiger partial charge on any atom is 0.256 e. The van der Waals surface area contributed by atoms with Crippen molar-refractivity contribution in [3.05, 3.63) is 59.1 Å². The number of piperazine rings is 1. The van der Waals surface area contributed by atoms with Gasteiger partial charge >= 0.3 is 0 Å². The number of aryl methyl sites for hydroxylation is 1. The zero-order valence-corrected chi connectivity index (χ0v) is 16.5. The minimum atomic E-state index is -3.49. The van der Waals surface area contributed by atoms with E-state index in [1.807, 2.05) is 37.3 Å². The number of pyridine rings is 1. The third-order valence-corrected chi connectivity index (χ3v) is 8.07. The number of fused-ring (bicyclic) bond motifs is 1. The fraction of sp³-hybridized carbons (Fsp3) is 0.263. The molecule has 3 aromatic rings. The number of aromatic nitrogens is 1. The molecule has 0 aliphatic carbocycles. The van der Waals surface area contributed by atoms with Crippen LogP contribution in [0, 0.1) is 6.92 Å². The van der Waals surface area contributed by atoms with Crippen LogP contribution >= 0.6 is 11.3 Å². The zero-order valence-electron chi connectivity index (χ0n) is 14.8. The van der Waals surface area contributed by atoms with E-state index in [-0.39, 0.29) is 5.91 Å². The van der Waals surface area contributed by atoms with Gasteiger partial charge in [-0.2, -0.15) is 4.31 Å². The van der Waals surface area contributed by atoms with Crippen LogP contribution in [0.5, 0.6) is 0 Å². The first-order valence-corrected chi connectivity index (χ1v) is 10.9. The standard InChI is InChI=1S/C19H19N3O3S2/c1-14-7-8-17(26-14)27(24,25)22-12-10-21(11-13-22)19(23)16-6-2-4-15-5-3-9-20-18(15)16/h2-9H,10-13H2,1H3. The van der Waals surface area contributed by atoms with Gasteiger partial charge in [0.1, 0.15) is 4.21 Å². The molecular formula is C19H19N3O3S2. The lowest BCUT2D eigenvalue weighted by atomic mass is 10.1. The maximum atomic E-state index is 13.0. The first-order valence-electron chi connectivity index (χ1n) is 8.66. The Bertz CT molecular complexity index is 1090. The van der Waals surface area contributed by atoms with Gasteiger partial charge in [-0.3, -0.25) is 9.78 Å². The highest BCUT2D eigenvalue weighted by Crippen LogP contribution is 2.26. The summed E-state index contributed by atoms with van der Waals surface area (Å²) in [5, 5.41) is 0.914. The van der Waals surface area contributed by atoms with Crippen LogP contribution in [0.2, 0.25) is 0 Å². The lowest BCUT2D eigenvalue weighted by Crippen LogP contribution is -2.50. The lowest BCUT2D eigenvalue weighted by Gasteiger charge is -2.33. The van der Waals surface area contributed by atoms with Crippen LogP contribution in [0.3, 0.4) is 0 Å². The van der Waals surface area contributed by atoms with E-state index >= 15 is 0 Å². The van der Waals surface area contributed by atoms with E-state index in [1.165, 1.54) is 15.6 Å². The molecule has 0 atom stereocenters. The second kappa shape index (κ2) is 7.03. The number of hydrogen-bond acceptors (Lipinski definition) is 5. The second-order valence-corrected chi connectivity index (χ2v) is 9.89. The third kappa shape index (κ3) is 3.36. The van der Waals surface area contributed by atoms with Crippen molar-refractivity contribution >= 4 is 38.2 Å². The van der Waals surface area contributed by atoms with Crippen LogP contribution in [-0.4, -0.2) is 54.7 Å². The van der Waals surface area contributed by atoms with E-state index in [4.69, 9.17) is 0 Å². The van der Waals surface area contributed by atoms with E-state index in [1.54, 1.807) is 23.2 Å². The molecule has 4 rings (SSSR count). The number of carbonyl (C=O) groups excluding carboxylic acids is 1. The molecule has 0 N–H and O–H groups in total. The van der Waals surface area contributed by atoms with Crippen LogP contribution in [0.4, 0.5) is 0 Å². The van der Waals surface area contributed by atoms with Crippen molar-refractivity contribution < 1.29 is 13.2 Å². The Balaban J connectivity index is 1.51. The van der Waals surface area contributed by atoms with Crippen molar-refractivity contribution in [2.75, 3.05) is 26.2 Å². The molecule has 1 fully saturated rings. The van der Waals surface area contributed by atoms with E-state index in [0.29, 0.717) is 41.5 Å². The van der Waals surface area contributed by atoms with E-state index < -0.39 is 10.0 Å². The highest BCUT2D eigenvalue weighted by atomic mass is 32.2. The Morgan fingerprint density at radius 1 is 1.04 bits per heavy atom. The zero-order chi connectivity index (χ0) is 19.0. The molecular weight excluding hydrogens is 382 g/mol. The van der Waals surface area contributed by atoms with Gasteiger partial charge in [0.2, 0.25) is 0 Å². The molecule has 0 radical (unpaired) electrons. The summed E-state index contributed by atoms with van der Waals surface area (Å²) < 4.78 is 27.3. The van der Waals surface area contributed by atoms with Gasteiger partial charge in [0.15, 0.2) is 0 Å². The molecule has 27 heavy (non-hydrogen) atoms. The molecule has 0 bridgehead atoms. The minimum Gasteiger partial charge on any atom is -0.336 e. The van der Waals surface area contributed by atoms with Gasteiger partial charge < -0.3 is 4.90 Å². The first-order chi connectivity index (χ1) is 13.0. The maximum absolute atomic E-state index is 13.0. The summed E-state index contributed by atoms with van der Waals surface area (Å²) in [4.78, 5) is 20.0. The summed E-state index contributed by atoms with van der Waals surface area (Å²) >= 11 is 1.28. The van der Waals surface area contributed by atoms with Crippen LogP contribution < -0.4 is 0 Å². The molecule has 1 aliphatic rings. The third-order valence-electron chi connectivity index (χ3n) is 4.70. The van der Waals surface area contributed by atoms with Gasteiger partial charge in [-0.15, -0.1) is 11.3 Å². The number of hydrogen-bond donors (Lipinski definition) is 0. The minimum absolute atomic E-state index is 0.108. The van der Waals surface area contributed by atoms with Crippen molar-refractivity contribution in [2.24, 2.45) is 0 Å². The van der Waals surface area contributed by atoms with Gasteiger partial charge in [0.05, 0.1) is 11.1 Å². The number of para-hydroxylation sites is 1. The molecule has 2 aromatic heterocycles. The highest BCUT2D eigenvalue weighted by Gasteiger charge is 2.31. The number of benzene rings is 1. The summed E-state index contributed by atoms with van der Waals surface area (Å²) in [5.41, 5.74) is 1.23. The summed E-state index contributed by atoms with van der Waals surface area (Å²) in [6.07, 6.45) is 1.67. The average Bonchev–Trinajstić information content (AvgIpc) is 3.14. The molecule has 1 amide bonds. The van der Waals surface area contributed by atoms with Crippen LogP contribution in [0.15, 0.2) is 52.9 Å². The van der Waals surface area contributed by atoms with Gasteiger partial charge in [-0.25, -0.2) is 8.42 Å². The smallest absolute Gasteiger partial charge is 0.256 e. The van der Waals surface area contributed by atoms with Crippen molar-refractivity contribution in [2.45, 2.75) is 11.1 Å². The molecule has 0 saturated carbocycles. The summed E-state index contributed by atoms with van der Waals surface area (Å²) in [6.45, 7) is 3.21. The van der Waals surface area contributed by atoms with Crippen LogP contribution in [0.1, 0.15) is 15.2 Å². The fourth-order valence-corrected chi connectivity index (χ4v) is 6.12. The second-order valence-electron chi connectivity index (χ2n) is 6.44. The molecule has 1 aromatic carbocycles. The average molecular weight is 402 g/mol. The van der Waals surface area contributed by atoms with Gasteiger partial charge in [-0.05, 0) is 31.2 Å². The number of sulfonamides is 1. The Kier molecular flexibility index (Phi) is 4.71. The summed E-state index contributed by atoms with van der Waals surface area (Å²) in [6, 6.07) is 12.8. The topological polar surface area (TPSA) is 70.6 Å². The van der Waals surface area contributed by atoms with Crippen molar-refractivity contribution in [1.82, 2.24) is 14.2 Å². The SMILES string of the molecule is Cc1ccc(S(=O)(=O)N2CCN(C(=O)c3cccc4cccnc34)CC2)s1. The van der Waals surface area contributed by atoms with Crippen LogP contribution in [0.25, 0.3) is 10.9 Å². The molecule has 0 spiro atoms. The Labute approximate surface area is 162 Å². The van der Waals surface area contributed by atoms with Gasteiger partial charge in [0.25, 0.3) is 15.9 Å². The predicted molar refractivity (Wildman–Crippen MR) is 105 cm³/mol. The number of amides is 1. The Hall–Kier alpha value is -2.29. The Morgan fingerprint density at radius 2 is 1.78 bits per heavy atom. The van der Waals surface area contributed by atoms with Crippen molar-refractivity contribution in [1.29, 1.82) is 0 Å². The number of thiophene rings is 1. The van der Waals surface area contributed by atoms with Crippen LogP contribution in [-0.2, 0) is 10.0 Å². The largest absolute Gasteiger partial charge is 0.336 e. The quantitative estimate of drug-likeness (QED) is 0.677. The molecule has 1 saturated heterocycles. The number of nitrogens with zero attached hydrogens (tertiary/aromatic N) is 3. The van der Waals surface area contributed by atoms with Crippen molar-refractivity contribution in [3.63, 3.8) is 0 Å². The normalized spacial score (nSPS) is 16.0. The highest BCUT2D eigenvalue weighted by molar-refractivity contribution is 7.91. The van der Waals surface area contributed by atoms with E-state index in [2.05, 4.69) is 4.98 Å². The molecule has 3 heterocycles. The summed E-state index contributed by atoms with van der Waals surface area (Å²) in [5.74, 6) is -0.108. The fourth-order valence-electron chi connectivity index (χ4n) is 3.26. The van der Waals surface area contributed by atoms with Gasteiger partial charge in [0, 0.05) is 42.6 Å². The number of carbonyl (C=O) groups is 1. The van der Waals surface area contributed by atoms with Crippen molar-refractivity contribution in [3.8, 4) is 0 Å². The molecule has 8 heteroatoms. The monoisotopic (exact) mass is 401 g/mol. The van der Waals surface area contributed by atoms with E-state index in [0.717, 1.165) is 10.3 Å². The lowest BCUT2D eigenvalue weighted by molar-refractivity contribution is 0.0700. The predicted octanol–water partition coefficient (Wildman–Crippen LogP) is 2.75. The van der Waals surface area contributed by atoms with E-state index in [9.17, 15) is 13.2 Å². The Morgan fingerprint density at radius 3 is 2.48 bits per heavy atom. The molecule has 1 aliphatic heterocycles. The van der Waals surface area contributed by atoms with Gasteiger partial charge in [-0.1, -0.05) is 18.2 Å². The molecule has 140 valence electrons. The molecule has 6 nitrogen and oxygen atoms in total. The number of rotatable bonds is 3. The molecule has 0 unspecified atom stereocenters. The summed E-state index contributed by atoms with van der Waals surface area (Å²) in [7, 11) is -3.49.